The molecule has 186 valence electrons. The lowest BCUT2D eigenvalue weighted by molar-refractivity contribution is -0.126. The molecule has 4 heterocycles. The molecule has 0 radical (unpaired) electrons. The number of hydrogen-bond acceptors (Lipinski definition) is 5. The van der Waals surface area contributed by atoms with Crippen LogP contribution >= 0.6 is 0 Å². The average Bonchev–Trinajstić information content (AvgIpc) is 3.51. The van der Waals surface area contributed by atoms with Crippen molar-refractivity contribution >= 4 is 17.5 Å². The summed E-state index contributed by atoms with van der Waals surface area (Å²) in [6.45, 7) is 5.68. The van der Waals surface area contributed by atoms with Crippen LogP contribution in [0.1, 0.15) is 80.3 Å². The molecule has 1 saturated heterocycles. The van der Waals surface area contributed by atoms with Gasteiger partial charge < -0.3 is 10.6 Å². The predicted octanol–water partition coefficient (Wildman–Crippen LogP) is 3.31. The molecule has 2 atom stereocenters. The molecule has 5 rings (SSSR count). The predicted molar refractivity (Wildman–Crippen MR) is 132 cm³/mol. The molecule has 0 unspecified atom stereocenters. The van der Waals surface area contributed by atoms with Crippen LogP contribution in [0, 0.1) is 17.8 Å². The van der Waals surface area contributed by atoms with E-state index in [1.54, 1.807) is 21.5 Å². The fourth-order valence-electron chi connectivity index (χ4n) is 5.53. The highest BCUT2D eigenvalue weighted by Crippen LogP contribution is 2.36. The van der Waals surface area contributed by atoms with Crippen molar-refractivity contribution in [3.63, 3.8) is 0 Å². The summed E-state index contributed by atoms with van der Waals surface area (Å²) in [6.07, 6.45) is 10.6. The summed E-state index contributed by atoms with van der Waals surface area (Å²) in [5.41, 5.74) is 3.03. The summed E-state index contributed by atoms with van der Waals surface area (Å²) >= 11 is 0. The third kappa shape index (κ3) is 5.09. The van der Waals surface area contributed by atoms with E-state index < -0.39 is 0 Å². The number of fused-ring (bicyclic) bond motifs is 1. The van der Waals surface area contributed by atoms with Crippen molar-refractivity contribution in [2.75, 3.05) is 6.54 Å². The molecule has 9 heteroatoms. The number of carbonyl (C=O) groups is 2. The molecule has 2 amide bonds. The molecule has 2 aliphatic rings. The van der Waals surface area contributed by atoms with E-state index in [2.05, 4.69) is 22.7 Å². The second-order valence-electron chi connectivity index (χ2n) is 10.1. The van der Waals surface area contributed by atoms with Crippen molar-refractivity contribution in [2.45, 2.75) is 71.4 Å². The highest BCUT2D eigenvalue weighted by molar-refractivity contribution is 5.92. The van der Waals surface area contributed by atoms with Crippen LogP contribution in [0.4, 0.5) is 0 Å². The molecule has 2 N–H and O–H groups in total. The Hall–Kier alpha value is -3.23. The van der Waals surface area contributed by atoms with Gasteiger partial charge in [-0.05, 0) is 62.6 Å². The van der Waals surface area contributed by atoms with Crippen molar-refractivity contribution in [2.24, 2.45) is 17.8 Å². The van der Waals surface area contributed by atoms with Gasteiger partial charge in [0, 0.05) is 31.6 Å². The second kappa shape index (κ2) is 10.2. The van der Waals surface area contributed by atoms with E-state index in [1.165, 1.54) is 0 Å². The summed E-state index contributed by atoms with van der Waals surface area (Å²) in [5, 5.41) is 15.3. The number of nitrogens with one attached hydrogen (secondary N) is 2. The number of imidazole rings is 1. The lowest BCUT2D eigenvalue weighted by Crippen LogP contribution is -2.37. The second-order valence-corrected chi connectivity index (χ2v) is 10.1. The van der Waals surface area contributed by atoms with E-state index >= 15 is 0 Å². The highest BCUT2D eigenvalue weighted by Gasteiger charge is 2.31. The highest BCUT2D eigenvalue weighted by atomic mass is 16.2. The standard InChI is InChI=1S/C26H35N7O2/c1-3-32-22(12-14-28-32)26(35)30-24(18-8-6-17(2)7-9-18)21-16-33-23(29-21)11-10-20(31-33)15-19-5-4-13-27-25(19)34/h10-12,14,16-19,24H,3-9,13,15H2,1-2H3,(H,27,34)(H,30,35)/t17-,18-,19-,24-/m0/s1. The van der Waals surface area contributed by atoms with Gasteiger partial charge in [-0.2, -0.15) is 10.2 Å². The van der Waals surface area contributed by atoms with Gasteiger partial charge in [0.1, 0.15) is 5.69 Å². The molecule has 2 fully saturated rings. The maximum absolute atomic E-state index is 13.2. The summed E-state index contributed by atoms with van der Waals surface area (Å²) in [7, 11) is 0. The van der Waals surface area contributed by atoms with Crippen molar-refractivity contribution in [3.05, 3.63) is 47.7 Å². The molecular weight excluding hydrogens is 442 g/mol. The number of amides is 2. The van der Waals surface area contributed by atoms with Gasteiger partial charge in [-0.15, -0.1) is 0 Å². The Morgan fingerprint density at radius 1 is 1.20 bits per heavy atom. The number of aromatic nitrogens is 5. The molecular formula is C26H35N7O2. The third-order valence-electron chi connectivity index (χ3n) is 7.63. The minimum atomic E-state index is -0.190. The largest absolute Gasteiger partial charge is 0.356 e. The molecule has 9 nitrogen and oxygen atoms in total. The van der Waals surface area contributed by atoms with Gasteiger partial charge in [0.25, 0.3) is 5.91 Å². The molecule has 3 aromatic rings. The number of nitrogens with zero attached hydrogens (tertiary/aromatic N) is 5. The Morgan fingerprint density at radius 2 is 2.03 bits per heavy atom. The molecule has 0 bridgehead atoms. The van der Waals surface area contributed by atoms with Crippen molar-refractivity contribution in [1.29, 1.82) is 0 Å². The monoisotopic (exact) mass is 477 g/mol. The number of aryl methyl sites for hydroxylation is 1. The van der Waals surface area contributed by atoms with Gasteiger partial charge in [-0.25, -0.2) is 9.50 Å². The van der Waals surface area contributed by atoms with Crippen LogP contribution in [0.25, 0.3) is 5.65 Å². The Morgan fingerprint density at radius 3 is 2.80 bits per heavy atom. The number of hydrogen-bond donors (Lipinski definition) is 2. The molecule has 3 aromatic heterocycles. The zero-order valence-electron chi connectivity index (χ0n) is 20.6. The fraction of sp³-hybridized carbons (Fsp3) is 0.577. The average molecular weight is 478 g/mol. The first-order chi connectivity index (χ1) is 17.0. The Balaban J connectivity index is 1.41. The molecule has 1 aliphatic carbocycles. The van der Waals surface area contributed by atoms with Crippen LogP contribution in [0.15, 0.2) is 30.6 Å². The van der Waals surface area contributed by atoms with E-state index in [0.29, 0.717) is 30.5 Å². The zero-order chi connectivity index (χ0) is 24.4. The first-order valence-corrected chi connectivity index (χ1v) is 13.0. The molecule has 35 heavy (non-hydrogen) atoms. The van der Waals surface area contributed by atoms with Crippen LogP contribution in [0.2, 0.25) is 0 Å². The zero-order valence-corrected chi connectivity index (χ0v) is 20.6. The SMILES string of the molecule is CCn1nccc1C(=O)N[C@H](c1cn2nc(C[C@@H]3CCCNC3=O)ccc2n1)[C@H]1CC[C@H](C)CC1. The Bertz CT molecular complexity index is 1190. The van der Waals surface area contributed by atoms with Crippen LogP contribution in [-0.2, 0) is 17.8 Å². The number of piperidine rings is 1. The van der Waals surface area contributed by atoms with Crippen molar-refractivity contribution in [1.82, 2.24) is 35.0 Å². The van der Waals surface area contributed by atoms with Gasteiger partial charge >= 0.3 is 0 Å². The minimum Gasteiger partial charge on any atom is -0.356 e. The lowest BCUT2D eigenvalue weighted by atomic mass is 9.78. The van der Waals surface area contributed by atoms with Crippen LogP contribution in [0.3, 0.4) is 0 Å². The molecule has 1 aliphatic heterocycles. The number of carbonyl (C=O) groups excluding carboxylic acids is 2. The van der Waals surface area contributed by atoms with Gasteiger partial charge in [0.2, 0.25) is 5.91 Å². The van der Waals surface area contributed by atoms with E-state index in [9.17, 15) is 9.59 Å². The lowest BCUT2D eigenvalue weighted by Gasteiger charge is -2.32. The van der Waals surface area contributed by atoms with Gasteiger partial charge in [-0.1, -0.05) is 19.8 Å². The third-order valence-corrected chi connectivity index (χ3v) is 7.63. The summed E-state index contributed by atoms with van der Waals surface area (Å²) < 4.78 is 3.51. The quantitative estimate of drug-likeness (QED) is 0.543. The van der Waals surface area contributed by atoms with Gasteiger partial charge in [0.05, 0.1) is 23.6 Å². The minimum absolute atomic E-state index is 0.0311. The normalized spacial score (nSPS) is 23.7. The molecule has 0 spiro atoms. The van der Waals surface area contributed by atoms with Crippen LogP contribution < -0.4 is 10.6 Å². The summed E-state index contributed by atoms with van der Waals surface area (Å²) in [4.78, 5) is 30.3. The smallest absolute Gasteiger partial charge is 0.270 e. The first kappa shape index (κ1) is 23.5. The van der Waals surface area contributed by atoms with E-state index in [0.717, 1.165) is 62.1 Å². The maximum atomic E-state index is 13.2. The van der Waals surface area contributed by atoms with Crippen LogP contribution in [0.5, 0.6) is 0 Å². The van der Waals surface area contributed by atoms with Crippen molar-refractivity contribution < 1.29 is 9.59 Å². The van der Waals surface area contributed by atoms with E-state index in [1.807, 2.05) is 25.3 Å². The van der Waals surface area contributed by atoms with E-state index in [-0.39, 0.29) is 23.8 Å². The topological polar surface area (TPSA) is 106 Å². The summed E-state index contributed by atoms with van der Waals surface area (Å²) in [5.74, 6) is 0.998. The van der Waals surface area contributed by atoms with Gasteiger partial charge in [-0.3, -0.25) is 14.3 Å². The Labute approximate surface area is 205 Å². The summed E-state index contributed by atoms with van der Waals surface area (Å²) in [6, 6.07) is 5.49. The number of rotatable bonds is 7. The van der Waals surface area contributed by atoms with Crippen LogP contribution in [-0.4, -0.2) is 42.7 Å². The van der Waals surface area contributed by atoms with Gasteiger partial charge in [0.15, 0.2) is 5.65 Å². The van der Waals surface area contributed by atoms with Crippen molar-refractivity contribution in [3.8, 4) is 0 Å². The van der Waals surface area contributed by atoms with E-state index in [4.69, 9.17) is 10.1 Å². The Kier molecular flexibility index (Phi) is 6.83. The molecule has 0 aromatic carbocycles. The maximum Gasteiger partial charge on any atom is 0.270 e. The first-order valence-electron chi connectivity index (χ1n) is 13.0. The fourth-order valence-corrected chi connectivity index (χ4v) is 5.53. The molecule has 1 saturated carbocycles.